The van der Waals surface area contributed by atoms with Crippen molar-refractivity contribution >= 4 is 22.5 Å². The Bertz CT molecular complexity index is 915. The number of hydrogen-bond donors (Lipinski definition) is 2. The fourth-order valence-corrected chi connectivity index (χ4v) is 2.86. The molecule has 0 spiro atoms. The zero-order valence-corrected chi connectivity index (χ0v) is 13.9. The Morgan fingerprint density at radius 1 is 1.21 bits per heavy atom. The molecule has 0 unspecified atom stereocenters. The summed E-state index contributed by atoms with van der Waals surface area (Å²) in [5.41, 5.74) is 4.14. The van der Waals surface area contributed by atoms with Gasteiger partial charge in [-0.2, -0.15) is 0 Å². The Kier molecular flexibility index (Phi) is 4.25. The molecule has 0 aliphatic heterocycles. The number of aromatic nitrogens is 1. The molecule has 0 fully saturated rings. The molecule has 0 saturated carbocycles. The van der Waals surface area contributed by atoms with Crippen molar-refractivity contribution in [3.8, 4) is 5.75 Å². The third-order valence-corrected chi connectivity index (χ3v) is 4.05. The lowest BCUT2D eigenvalue weighted by atomic mass is 10.1. The van der Waals surface area contributed by atoms with E-state index in [1.165, 1.54) is 12.1 Å². The predicted octanol–water partition coefficient (Wildman–Crippen LogP) is 4.11. The van der Waals surface area contributed by atoms with Crippen molar-refractivity contribution in [2.45, 2.75) is 20.3 Å². The van der Waals surface area contributed by atoms with Crippen molar-refractivity contribution in [2.75, 3.05) is 12.4 Å². The van der Waals surface area contributed by atoms with Crippen LogP contribution < -0.4 is 10.1 Å². The van der Waals surface area contributed by atoms with Gasteiger partial charge < -0.3 is 15.0 Å². The SMILES string of the molecule is COc1ccc(C)cc1NC(=O)Cc1c(C)[nH]c2ccc(F)cc12. The van der Waals surface area contributed by atoms with Crippen LogP contribution in [-0.2, 0) is 11.2 Å². The van der Waals surface area contributed by atoms with Gasteiger partial charge in [-0.1, -0.05) is 6.07 Å². The summed E-state index contributed by atoms with van der Waals surface area (Å²) in [6.45, 7) is 3.83. The molecule has 4 nitrogen and oxygen atoms in total. The molecule has 3 aromatic rings. The van der Waals surface area contributed by atoms with Gasteiger partial charge in [-0.15, -0.1) is 0 Å². The van der Waals surface area contributed by atoms with E-state index in [4.69, 9.17) is 4.74 Å². The Morgan fingerprint density at radius 2 is 2.00 bits per heavy atom. The topological polar surface area (TPSA) is 54.1 Å². The van der Waals surface area contributed by atoms with E-state index in [1.807, 2.05) is 32.0 Å². The number of hydrogen-bond acceptors (Lipinski definition) is 2. The molecule has 5 heteroatoms. The number of aryl methyl sites for hydroxylation is 2. The number of fused-ring (bicyclic) bond motifs is 1. The van der Waals surface area contributed by atoms with Gasteiger partial charge in [-0.25, -0.2) is 4.39 Å². The summed E-state index contributed by atoms with van der Waals surface area (Å²) in [5.74, 6) is 0.117. The third-order valence-electron chi connectivity index (χ3n) is 4.05. The summed E-state index contributed by atoms with van der Waals surface area (Å²) in [5, 5.41) is 3.61. The molecule has 2 N–H and O–H groups in total. The summed E-state index contributed by atoms with van der Waals surface area (Å²) in [6.07, 6.45) is 0.159. The van der Waals surface area contributed by atoms with Crippen LogP contribution in [0.2, 0.25) is 0 Å². The van der Waals surface area contributed by atoms with Crippen LogP contribution in [0, 0.1) is 19.7 Å². The number of amides is 1. The maximum Gasteiger partial charge on any atom is 0.228 e. The van der Waals surface area contributed by atoms with E-state index in [9.17, 15) is 9.18 Å². The van der Waals surface area contributed by atoms with E-state index in [1.54, 1.807) is 13.2 Å². The first-order valence-electron chi connectivity index (χ1n) is 7.69. The molecule has 1 aromatic heterocycles. The summed E-state index contributed by atoms with van der Waals surface area (Å²) < 4.78 is 18.8. The van der Waals surface area contributed by atoms with Crippen LogP contribution in [0.25, 0.3) is 10.9 Å². The average Bonchev–Trinajstić information content (AvgIpc) is 2.83. The summed E-state index contributed by atoms with van der Waals surface area (Å²) in [4.78, 5) is 15.6. The number of H-pyrrole nitrogens is 1. The third kappa shape index (κ3) is 3.11. The summed E-state index contributed by atoms with van der Waals surface area (Å²) >= 11 is 0. The van der Waals surface area contributed by atoms with E-state index in [0.717, 1.165) is 27.7 Å². The van der Waals surface area contributed by atoms with Crippen molar-refractivity contribution in [1.29, 1.82) is 0 Å². The van der Waals surface area contributed by atoms with Crippen LogP contribution in [0.1, 0.15) is 16.8 Å². The van der Waals surface area contributed by atoms with Gasteiger partial charge in [0, 0.05) is 16.6 Å². The molecule has 3 rings (SSSR count). The Morgan fingerprint density at radius 3 is 2.75 bits per heavy atom. The highest BCUT2D eigenvalue weighted by Crippen LogP contribution is 2.27. The first-order valence-corrected chi connectivity index (χ1v) is 7.69. The molecular formula is C19H19FN2O2. The molecule has 0 bridgehead atoms. The van der Waals surface area contributed by atoms with Crippen LogP contribution in [0.15, 0.2) is 36.4 Å². The highest BCUT2D eigenvalue weighted by molar-refractivity contribution is 5.97. The maximum atomic E-state index is 13.5. The minimum atomic E-state index is -0.316. The van der Waals surface area contributed by atoms with Crippen LogP contribution in [0.4, 0.5) is 10.1 Å². The lowest BCUT2D eigenvalue weighted by Crippen LogP contribution is -2.15. The smallest absolute Gasteiger partial charge is 0.228 e. The summed E-state index contributed by atoms with van der Waals surface area (Å²) in [7, 11) is 1.56. The van der Waals surface area contributed by atoms with Gasteiger partial charge in [-0.3, -0.25) is 4.79 Å². The molecule has 24 heavy (non-hydrogen) atoms. The number of carbonyl (C=O) groups is 1. The van der Waals surface area contributed by atoms with E-state index < -0.39 is 0 Å². The van der Waals surface area contributed by atoms with Gasteiger partial charge in [0.2, 0.25) is 5.91 Å². The van der Waals surface area contributed by atoms with Crippen LogP contribution in [0.3, 0.4) is 0 Å². The van der Waals surface area contributed by atoms with Crippen LogP contribution in [0.5, 0.6) is 5.75 Å². The second kappa shape index (κ2) is 6.35. The van der Waals surface area contributed by atoms with Gasteiger partial charge in [0.25, 0.3) is 0 Å². The molecule has 124 valence electrons. The molecule has 0 atom stereocenters. The van der Waals surface area contributed by atoms with Crippen molar-refractivity contribution in [3.63, 3.8) is 0 Å². The largest absolute Gasteiger partial charge is 0.495 e. The van der Waals surface area contributed by atoms with Gasteiger partial charge in [-0.05, 0) is 55.3 Å². The van der Waals surface area contributed by atoms with Crippen LogP contribution >= 0.6 is 0 Å². The second-order valence-corrected chi connectivity index (χ2v) is 5.85. The van der Waals surface area contributed by atoms with Crippen LogP contribution in [-0.4, -0.2) is 18.0 Å². The number of halogens is 1. The Balaban J connectivity index is 1.87. The zero-order chi connectivity index (χ0) is 17.3. The fourth-order valence-electron chi connectivity index (χ4n) is 2.86. The van der Waals surface area contributed by atoms with E-state index >= 15 is 0 Å². The van der Waals surface area contributed by atoms with Crippen molar-refractivity contribution < 1.29 is 13.9 Å². The fraction of sp³-hybridized carbons (Fsp3) is 0.211. The van der Waals surface area contributed by atoms with Gasteiger partial charge in [0.1, 0.15) is 11.6 Å². The average molecular weight is 326 g/mol. The second-order valence-electron chi connectivity index (χ2n) is 5.85. The Labute approximate surface area is 139 Å². The predicted molar refractivity (Wildman–Crippen MR) is 93.1 cm³/mol. The normalized spacial score (nSPS) is 10.8. The monoisotopic (exact) mass is 326 g/mol. The molecule has 1 amide bonds. The molecule has 2 aromatic carbocycles. The standard InChI is InChI=1S/C19H19FN2O2/c1-11-4-7-18(24-3)17(8-11)22-19(23)10-14-12(2)21-16-6-5-13(20)9-15(14)16/h4-9,21H,10H2,1-3H3,(H,22,23). The summed E-state index contributed by atoms with van der Waals surface area (Å²) in [6, 6.07) is 10.1. The minimum Gasteiger partial charge on any atom is -0.495 e. The quantitative estimate of drug-likeness (QED) is 0.758. The zero-order valence-electron chi connectivity index (χ0n) is 13.9. The van der Waals surface area contributed by atoms with E-state index in [0.29, 0.717) is 11.4 Å². The molecule has 0 aliphatic carbocycles. The molecule has 0 saturated heterocycles. The number of ether oxygens (including phenoxy) is 1. The molecule has 1 heterocycles. The maximum absolute atomic E-state index is 13.5. The van der Waals surface area contributed by atoms with Gasteiger partial charge >= 0.3 is 0 Å². The van der Waals surface area contributed by atoms with Gasteiger partial charge in [0.15, 0.2) is 0 Å². The van der Waals surface area contributed by atoms with Gasteiger partial charge in [0.05, 0.1) is 19.2 Å². The molecule has 0 radical (unpaired) electrons. The number of nitrogens with one attached hydrogen (secondary N) is 2. The van der Waals surface area contributed by atoms with E-state index in [2.05, 4.69) is 10.3 Å². The van der Waals surface area contributed by atoms with E-state index in [-0.39, 0.29) is 18.1 Å². The first kappa shape index (κ1) is 16.1. The number of benzene rings is 2. The number of anilines is 1. The lowest BCUT2D eigenvalue weighted by Gasteiger charge is -2.11. The minimum absolute atomic E-state index is 0.159. The Hall–Kier alpha value is -2.82. The highest BCUT2D eigenvalue weighted by Gasteiger charge is 2.14. The number of aromatic amines is 1. The van der Waals surface area contributed by atoms with Crippen molar-refractivity contribution in [2.24, 2.45) is 0 Å². The highest BCUT2D eigenvalue weighted by atomic mass is 19.1. The first-order chi connectivity index (χ1) is 11.5. The van der Waals surface area contributed by atoms with Crippen molar-refractivity contribution in [1.82, 2.24) is 4.98 Å². The lowest BCUT2D eigenvalue weighted by molar-refractivity contribution is -0.115. The molecular weight excluding hydrogens is 307 g/mol. The van der Waals surface area contributed by atoms with Crippen molar-refractivity contribution in [3.05, 3.63) is 59.0 Å². The number of rotatable bonds is 4. The number of carbonyl (C=O) groups excluding carboxylic acids is 1. The molecule has 0 aliphatic rings. The number of methoxy groups -OCH3 is 1.